The van der Waals surface area contributed by atoms with E-state index < -0.39 is 11.9 Å². The van der Waals surface area contributed by atoms with E-state index in [1.165, 1.54) is 4.68 Å². The summed E-state index contributed by atoms with van der Waals surface area (Å²) in [5.74, 6) is -0.618. The van der Waals surface area contributed by atoms with Crippen molar-refractivity contribution in [3.05, 3.63) is 11.4 Å². The molecular weight excluding hydrogens is 246 g/mol. The second-order valence-corrected chi connectivity index (χ2v) is 4.46. The van der Waals surface area contributed by atoms with Crippen LogP contribution in [0.1, 0.15) is 36.5 Å². The number of nitrogens with two attached hydrogens (primary N) is 1. The lowest BCUT2D eigenvalue weighted by molar-refractivity contribution is -0.122. The van der Waals surface area contributed by atoms with Crippen LogP contribution in [0.5, 0.6) is 0 Å². The van der Waals surface area contributed by atoms with Crippen LogP contribution in [0.4, 0.5) is 5.69 Å². The lowest BCUT2D eigenvalue weighted by Gasteiger charge is -2.14. The Morgan fingerprint density at radius 2 is 2.11 bits per heavy atom. The standard InChI is InChI=1S/C12H21N5O2/c1-5-6-14-11(18)8(3)15-12(19)10-9(13)7(2)16-17(10)4/h8H,5-6,13H2,1-4H3,(H,14,18)(H,15,19). The number of nitrogens with one attached hydrogen (secondary N) is 2. The largest absolute Gasteiger partial charge is 0.395 e. The van der Waals surface area contributed by atoms with Gasteiger partial charge in [0.15, 0.2) is 0 Å². The van der Waals surface area contributed by atoms with E-state index in [-0.39, 0.29) is 11.6 Å². The first-order valence-corrected chi connectivity index (χ1v) is 6.26. The molecule has 1 aromatic rings. The second kappa shape index (κ2) is 6.21. The Labute approximate surface area is 112 Å². The Balaban J connectivity index is 2.72. The summed E-state index contributed by atoms with van der Waals surface area (Å²) < 4.78 is 1.41. The normalized spacial score (nSPS) is 12.0. The number of aromatic nitrogens is 2. The van der Waals surface area contributed by atoms with E-state index >= 15 is 0 Å². The minimum absolute atomic E-state index is 0.215. The molecule has 0 spiro atoms. The van der Waals surface area contributed by atoms with E-state index in [1.54, 1.807) is 20.9 Å². The zero-order valence-electron chi connectivity index (χ0n) is 11.8. The number of hydrogen-bond acceptors (Lipinski definition) is 4. The zero-order valence-corrected chi connectivity index (χ0v) is 11.8. The molecule has 7 heteroatoms. The summed E-state index contributed by atoms with van der Waals surface area (Å²) in [6.07, 6.45) is 0.847. The third-order valence-electron chi connectivity index (χ3n) is 2.77. The van der Waals surface area contributed by atoms with E-state index in [2.05, 4.69) is 15.7 Å². The number of nitrogens with zero attached hydrogens (tertiary/aromatic N) is 2. The second-order valence-electron chi connectivity index (χ2n) is 4.46. The first kappa shape index (κ1) is 15.0. The maximum absolute atomic E-state index is 12.1. The van der Waals surface area contributed by atoms with Crippen molar-refractivity contribution >= 4 is 17.5 Å². The van der Waals surface area contributed by atoms with Crippen LogP contribution >= 0.6 is 0 Å². The molecule has 1 aromatic heterocycles. The summed E-state index contributed by atoms with van der Waals surface area (Å²) in [6, 6.07) is -0.617. The van der Waals surface area contributed by atoms with Gasteiger partial charge in [-0.25, -0.2) is 0 Å². The summed E-state index contributed by atoms with van der Waals surface area (Å²) in [7, 11) is 1.64. The predicted octanol–water partition coefficient (Wildman–Crippen LogP) is -0.0448. The van der Waals surface area contributed by atoms with Gasteiger partial charge in [-0.3, -0.25) is 14.3 Å². The Kier molecular flexibility index (Phi) is 4.91. The average Bonchev–Trinajstić information content (AvgIpc) is 2.60. The Bertz CT molecular complexity index is 481. The summed E-state index contributed by atoms with van der Waals surface area (Å²) >= 11 is 0. The van der Waals surface area contributed by atoms with Crippen molar-refractivity contribution in [3.63, 3.8) is 0 Å². The van der Waals surface area contributed by atoms with Gasteiger partial charge in [-0.1, -0.05) is 6.92 Å². The molecule has 0 aliphatic rings. The van der Waals surface area contributed by atoms with Gasteiger partial charge in [0, 0.05) is 13.6 Å². The van der Waals surface area contributed by atoms with E-state index in [9.17, 15) is 9.59 Å². The number of anilines is 1. The van der Waals surface area contributed by atoms with Crippen LogP contribution < -0.4 is 16.4 Å². The van der Waals surface area contributed by atoms with Gasteiger partial charge < -0.3 is 16.4 Å². The number of hydrogen-bond donors (Lipinski definition) is 3. The van der Waals surface area contributed by atoms with E-state index in [0.29, 0.717) is 17.9 Å². The van der Waals surface area contributed by atoms with E-state index in [1.807, 2.05) is 6.92 Å². The molecule has 0 aliphatic heterocycles. The maximum Gasteiger partial charge on any atom is 0.272 e. The molecule has 0 aromatic carbocycles. The molecule has 7 nitrogen and oxygen atoms in total. The summed E-state index contributed by atoms with van der Waals surface area (Å²) in [6.45, 7) is 5.90. The molecule has 1 rings (SSSR count). The van der Waals surface area contributed by atoms with Crippen LogP contribution in [-0.2, 0) is 11.8 Å². The van der Waals surface area contributed by atoms with Crippen molar-refractivity contribution in [3.8, 4) is 0 Å². The predicted molar refractivity (Wildman–Crippen MR) is 72.6 cm³/mol. The number of carbonyl (C=O) groups excluding carboxylic acids is 2. The van der Waals surface area contributed by atoms with Crippen LogP contribution in [0, 0.1) is 6.92 Å². The van der Waals surface area contributed by atoms with Crippen LogP contribution in [0.15, 0.2) is 0 Å². The molecular formula is C12H21N5O2. The lowest BCUT2D eigenvalue weighted by Crippen LogP contribution is -2.45. The Morgan fingerprint density at radius 3 is 2.58 bits per heavy atom. The highest BCUT2D eigenvalue weighted by Crippen LogP contribution is 2.14. The number of nitrogen functional groups attached to an aromatic ring is 1. The molecule has 0 aliphatic carbocycles. The Hall–Kier alpha value is -2.05. The third kappa shape index (κ3) is 3.46. The van der Waals surface area contributed by atoms with Crippen molar-refractivity contribution in [1.29, 1.82) is 0 Å². The number of rotatable bonds is 5. The van der Waals surface area contributed by atoms with Crippen LogP contribution in [0.2, 0.25) is 0 Å². The summed E-state index contributed by atoms with van der Waals surface area (Å²) in [5.41, 5.74) is 6.99. The average molecular weight is 267 g/mol. The maximum atomic E-state index is 12.1. The molecule has 19 heavy (non-hydrogen) atoms. The fourth-order valence-corrected chi connectivity index (χ4v) is 1.68. The highest BCUT2D eigenvalue weighted by Gasteiger charge is 2.21. The van der Waals surface area contributed by atoms with Gasteiger partial charge in [0.25, 0.3) is 5.91 Å². The van der Waals surface area contributed by atoms with Crippen LogP contribution in [0.3, 0.4) is 0 Å². The molecule has 0 bridgehead atoms. The van der Waals surface area contributed by atoms with E-state index in [4.69, 9.17) is 5.73 Å². The fourth-order valence-electron chi connectivity index (χ4n) is 1.68. The number of carbonyl (C=O) groups is 2. The molecule has 0 radical (unpaired) electrons. The van der Waals surface area contributed by atoms with Crippen molar-refractivity contribution in [2.75, 3.05) is 12.3 Å². The number of amides is 2. The SMILES string of the molecule is CCCNC(=O)C(C)NC(=O)c1c(N)c(C)nn1C. The van der Waals surface area contributed by atoms with Gasteiger partial charge in [0.05, 0.1) is 11.4 Å². The third-order valence-corrected chi connectivity index (χ3v) is 2.77. The highest BCUT2D eigenvalue weighted by atomic mass is 16.2. The molecule has 2 amide bonds. The summed E-state index contributed by atoms with van der Waals surface area (Å²) in [4.78, 5) is 23.7. The zero-order chi connectivity index (χ0) is 14.6. The smallest absolute Gasteiger partial charge is 0.272 e. The summed E-state index contributed by atoms with van der Waals surface area (Å²) in [5, 5.41) is 9.39. The quantitative estimate of drug-likeness (QED) is 0.696. The first-order chi connectivity index (χ1) is 8.88. The van der Waals surface area contributed by atoms with Crippen LogP contribution in [0.25, 0.3) is 0 Å². The molecule has 1 heterocycles. The molecule has 1 unspecified atom stereocenters. The minimum Gasteiger partial charge on any atom is -0.395 e. The molecule has 0 saturated heterocycles. The topological polar surface area (TPSA) is 102 Å². The minimum atomic E-state index is -0.617. The van der Waals surface area contributed by atoms with Crippen molar-refractivity contribution in [2.45, 2.75) is 33.2 Å². The monoisotopic (exact) mass is 267 g/mol. The van der Waals surface area contributed by atoms with Gasteiger partial charge >= 0.3 is 0 Å². The molecule has 4 N–H and O–H groups in total. The van der Waals surface area contributed by atoms with Crippen molar-refractivity contribution in [1.82, 2.24) is 20.4 Å². The van der Waals surface area contributed by atoms with Gasteiger partial charge in [0.2, 0.25) is 5.91 Å². The van der Waals surface area contributed by atoms with Gasteiger partial charge in [-0.2, -0.15) is 5.10 Å². The highest BCUT2D eigenvalue weighted by molar-refractivity contribution is 6.00. The molecule has 0 fully saturated rings. The van der Waals surface area contributed by atoms with Crippen molar-refractivity contribution < 1.29 is 9.59 Å². The number of aryl methyl sites for hydroxylation is 2. The van der Waals surface area contributed by atoms with E-state index in [0.717, 1.165) is 6.42 Å². The van der Waals surface area contributed by atoms with Gasteiger partial charge in [-0.15, -0.1) is 0 Å². The molecule has 1 atom stereocenters. The fraction of sp³-hybridized carbons (Fsp3) is 0.583. The van der Waals surface area contributed by atoms with Crippen molar-refractivity contribution in [2.24, 2.45) is 7.05 Å². The van der Waals surface area contributed by atoms with Crippen LogP contribution in [-0.4, -0.2) is 34.2 Å². The first-order valence-electron chi connectivity index (χ1n) is 6.26. The van der Waals surface area contributed by atoms with Gasteiger partial charge in [-0.05, 0) is 20.3 Å². The lowest BCUT2D eigenvalue weighted by atomic mass is 10.2. The van der Waals surface area contributed by atoms with Gasteiger partial charge in [0.1, 0.15) is 11.7 Å². The molecule has 106 valence electrons. The Morgan fingerprint density at radius 1 is 1.47 bits per heavy atom. The molecule has 0 saturated carbocycles.